The van der Waals surface area contributed by atoms with Crippen molar-refractivity contribution in [2.45, 2.75) is 33.9 Å². The van der Waals surface area contributed by atoms with Crippen LogP contribution in [0.15, 0.2) is 29.3 Å². The highest BCUT2D eigenvalue weighted by Crippen LogP contribution is 2.11. The Labute approximate surface area is 178 Å². The molecule has 0 saturated carbocycles. The molecule has 0 unspecified atom stereocenters. The number of guanidine groups is 1. The molecule has 1 aromatic heterocycles. The van der Waals surface area contributed by atoms with Crippen molar-refractivity contribution in [2.75, 3.05) is 13.6 Å². The van der Waals surface area contributed by atoms with Crippen LogP contribution in [0.5, 0.6) is 0 Å². The molecule has 0 bridgehead atoms. The Kier molecular flexibility index (Phi) is 9.27. The molecular formula is C19H29IN6O. The van der Waals surface area contributed by atoms with Crippen molar-refractivity contribution in [3.05, 3.63) is 52.3 Å². The van der Waals surface area contributed by atoms with Crippen LogP contribution in [0.3, 0.4) is 0 Å². The Balaban J connectivity index is 0.00000364. The maximum atomic E-state index is 11.8. The molecule has 0 aliphatic heterocycles. The molecule has 1 heterocycles. The van der Waals surface area contributed by atoms with Crippen LogP contribution in [0.25, 0.3) is 0 Å². The average molecular weight is 484 g/mol. The van der Waals surface area contributed by atoms with Crippen molar-refractivity contribution < 1.29 is 4.79 Å². The van der Waals surface area contributed by atoms with Crippen LogP contribution in [0, 0.1) is 13.8 Å². The number of nitrogens with zero attached hydrogens (tertiary/aromatic N) is 3. The number of hydrogen-bond donors (Lipinski definition) is 3. The molecule has 148 valence electrons. The molecule has 1 amide bonds. The molecule has 8 heteroatoms. The molecule has 0 aliphatic carbocycles. The van der Waals surface area contributed by atoms with Gasteiger partial charge in [0.15, 0.2) is 5.96 Å². The Morgan fingerprint density at radius 3 is 2.59 bits per heavy atom. The molecule has 2 rings (SSSR count). The highest BCUT2D eigenvalue weighted by molar-refractivity contribution is 14.0. The highest BCUT2D eigenvalue weighted by atomic mass is 127. The fraction of sp³-hybridized carbons (Fsp3) is 0.421. The quantitative estimate of drug-likeness (QED) is 0.334. The summed E-state index contributed by atoms with van der Waals surface area (Å²) in [6.07, 6.45) is 0. The van der Waals surface area contributed by atoms with Gasteiger partial charge in [-0.15, -0.1) is 24.0 Å². The van der Waals surface area contributed by atoms with Crippen molar-refractivity contribution >= 4 is 35.8 Å². The van der Waals surface area contributed by atoms with Crippen LogP contribution < -0.4 is 16.0 Å². The van der Waals surface area contributed by atoms with Gasteiger partial charge in [-0.2, -0.15) is 5.10 Å². The second-order valence-electron chi connectivity index (χ2n) is 6.10. The maximum Gasteiger partial charge on any atom is 0.251 e. The minimum Gasteiger partial charge on any atom is -0.357 e. The molecule has 3 N–H and O–H groups in total. The summed E-state index contributed by atoms with van der Waals surface area (Å²) in [7, 11) is 3.58. The van der Waals surface area contributed by atoms with Gasteiger partial charge in [0.05, 0.1) is 12.2 Å². The number of aromatic nitrogens is 2. The van der Waals surface area contributed by atoms with Gasteiger partial charge >= 0.3 is 0 Å². The summed E-state index contributed by atoms with van der Waals surface area (Å²) in [5.74, 6) is 0.642. The standard InChI is InChI=1S/C19H28N6O.HI/c1-6-21-19(23-12-17-13(2)24-25(5)14(17)3)22-11-15-8-7-9-16(10-15)18(26)20-4;/h7-10H,6,11-12H2,1-5H3,(H,20,26)(H2,21,22,23);1H. The van der Waals surface area contributed by atoms with E-state index in [1.807, 2.05) is 43.8 Å². The summed E-state index contributed by atoms with van der Waals surface area (Å²) in [6.45, 7) is 8.03. The molecule has 0 saturated heterocycles. The van der Waals surface area contributed by atoms with Crippen molar-refractivity contribution in [3.8, 4) is 0 Å². The summed E-state index contributed by atoms with van der Waals surface area (Å²) in [5, 5.41) is 13.7. The van der Waals surface area contributed by atoms with Crippen LogP contribution >= 0.6 is 24.0 Å². The van der Waals surface area contributed by atoms with Crippen molar-refractivity contribution in [1.82, 2.24) is 25.7 Å². The Bertz CT molecular complexity index is 799. The molecule has 27 heavy (non-hydrogen) atoms. The number of amides is 1. The smallest absolute Gasteiger partial charge is 0.251 e. The molecule has 0 aliphatic rings. The monoisotopic (exact) mass is 484 g/mol. The lowest BCUT2D eigenvalue weighted by Gasteiger charge is -2.12. The number of aryl methyl sites for hydroxylation is 2. The lowest BCUT2D eigenvalue weighted by Crippen LogP contribution is -2.37. The molecule has 0 spiro atoms. The SMILES string of the molecule is CCNC(=NCc1cccc(C(=O)NC)c1)NCc1c(C)nn(C)c1C.I. The first-order valence-corrected chi connectivity index (χ1v) is 8.78. The van der Waals surface area contributed by atoms with Gasteiger partial charge in [0.25, 0.3) is 5.91 Å². The van der Waals surface area contributed by atoms with E-state index in [0.717, 1.165) is 29.5 Å². The Morgan fingerprint density at radius 1 is 1.26 bits per heavy atom. The third-order valence-electron chi connectivity index (χ3n) is 4.27. The van der Waals surface area contributed by atoms with Gasteiger partial charge in [-0.25, -0.2) is 4.99 Å². The molecule has 0 radical (unpaired) electrons. The van der Waals surface area contributed by atoms with E-state index >= 15 is 0 Å². The lowest BCUT2D eigenvalue weighted by molar-refractivity contribution is 0.0963. The minimum absolute atomic E-state index is 0. The van der Waals surface area contributed by atoms with Crippen molar-refractivity contribution in [3.63, 3.8) is 0 Å². The predicted molar refractivity (Wildman–Crippen MR) is 120 cm³/mol. The number of rotatable bonds is 6. The second kappa shape index (κ2) is 10.9. The van der Waals surface area contributed by atoms with E-state index in [-0.39, 0.29) is 29.9 Å². The maximum absolute atomic E-state index is 11.8. The number of hydrogen-bond acceptors (Lipinski definition) is 3. The van der Waals surface area contributed by atoms with Gasteiger partial charge in [0.2, 0.25) is 0 Å². The van der Waals surface area contributed by atoms with Crippen LogP contribution in [0.2, 0.25) is 0 Å². The average Bonchev–Trinajstić information content (AvgIpc) is 2.89. The zero-order valence-electron chi connectivity index (χ0n) is 16.6. The van der Waals surface area contributed by atoms with E-state index in [1.165, 1.54) is 5.56 Å². The zero-order chi connectivity index (χ0) is 19.1. The third kappa shape index (κ3) is 6.23. The van der Waals surface area contributed by atoms with Gasteiger partial charge in [-0.1, -0.05) is 12.1 Å². The minimum atomic E-state index is -0.0941. The van der Waals surface area contributed by atoms with Crippen LogP contribution in [0.4, 0.5) is 0 Å². The first-order valence-electron chi connectivity index (χ1n) is 8.78. The zero-order valence-corrected chi connectivity index (χ0v) is 18.9. The molecule has 1 aromatic carbocycles. The number of benzene rings is 1. The Hall–Kier alpha value is -2.10. The molecule has 0 fully saturated rings. The normalized spacial score (nSPS) is 10.9. The third-order valence-corrected chi connectivity index (χ3v) is 4.27. The largest absolute Gasteiger partial charge is 0.357 e. The first-order chi connectivity index (χ1) is 12.5. The van der Waals surface area contributed by atoms with Crippen LogP contribution in [-0.2, 0) is 20.1 Å². The van der Waals surface area contributed by atoms with Gasteiger partial charge in [-0.05, 0) is 38.5 Å². The van der Waals surface area contributed by atoms with E-state index < -0.39 is 0 Å². The predicted octanol–water partition coefficient (Wildman–Crippen LogP) is 2.27. The summed E-state index contributed by atoms with van der Waals surface area (Å²) >= 11 is 0. The number of carbonyl (C=O) groups excluding carboxylic acids is 1. The Morgan fingerprint density at radius 2 is 2.00 bits per heavy atom. The number of aliphatic imine (C=N–C) groups is 1. The molecule has 2 aromatic rings. The van der Waals surface area contributed by atoms with Gasteiger partial charge in [-0.3, -0.25) is 9.48 Å². The van der Waals surface area contributed by atoms with Crippen molar-refractivity contribution in [1.29, 1.82) is 0 Å². The fourth-order valence-electron chi connectivity index (χ4n) is 2.71. The molecule has 7 nitrogen and oxygen atoms in total. The van der Waals surface area contributed by atoms with Gasteiger partial charge in [0.1, 0.15) is 0 Å². The number of halogens is 1. The van der Waals surface area contributed by atoms with E-state index in [0.29, 0.717) is 18.7 Å². The van der Waals surface area contributed by atoms with Crippen LogP contribution in [0.1, 0.15) is 39.8 Å². The second-order valence-corrected chi connectivity index (χ2v) is 6.10. The highest BCUT2D eigenvalue weighted by Gasteiger charge is 2.10. The summed E-state index contributed by atoms with van der Waals surface area (Å²) in [5.41, 5.74) is 4.97. The topological polar surface area (TPSA) is 83.3 Å². The molecule has 0 atom stereocenters. The van der Waals surface area contributed by atoms with E-state index in [9.17, 15) is 4.79 Å². The number of nitrogens with one attached hydrogen (secondary N) is 3. The fourth-order valence-corrected chi connectivity index (χ4v) is 2.71. The summed E-state index contributed by atoms with van der Waals surface area (Å²) < 4.78 is 1.89. The summed E-state index contributed by atoms with van der Waals surface area (Å²) in [6, 6.07) is 7.50. The van der Waals surface area contributed by atoms with Crippen LogP contribution in [-0.4, -0.2) is 35.2 Å². The van der Waals surface area contributed by atoms with E-state index in [4.69, 9.17) is 0 Å². The number of carbonyl (C=O) groups is 1. The van der Waals surface area contributed by atoms with Gasteiger partial charge in [0, 0.05) is 44.0 Å². The van der Waals surface area contributed by atoms with Gasteiger partial charge < -0.3 is 16.0 Å². The van der Waals surface area contributed by atoms with Crippen molar-refractivity contribution in [2.24, 2.45) is 12.0 Å². The molecular weight excluding hydrogens is 455 g/mol. The lowest BCUT2D eigenvalue weighted by atomic mass is 10.1. The first kappa shape index (κ1) is 22.9. The van der Waals surface area contributed by atoms with E-state index in [2.05, 4.69) is 33.0 Å². The summed E-state index contributed by atoms with van der Waals surface area (Å²) in [4.78, 5) is 16.4. The van der Waals surface area contributed by atoms with E-state index in [1.54, 1.807) is 13.1 Å².